The maximum atomic E-state index is 5.51. The molecule has 48 heavy (non-hydrogen) atoms. The second kappa shape index (κ2) is 10.6. The van der Waals surface area contributed by atoms with Gasteiger partial charge in [-0.15, -0.1) is 0 Å². The molecule has 0 saturated heterocycles. The molecule has 226 valence electrons. The highest BCUT2D eigenvalue weighted by Crippen LogP contribution is 2.36. The molecule has 4 heteroatoms. The number of nitrogens with one attached hydrogen (secondary N) is 2. The molecule has 0 fully saturated rings. The van der Waals surface area contributed by atoms with Gasteiger partial charge in [0.2, 0.25) is 0 Å². The van der Waals surface area contributed by atoms with Crippen LogP contribution in [-0.2, 0) is 0 Å². The van der Waals surface area contributed by atoms with Crippen molar-refractivity contribution >= 4 is 22.7 Å². The Labute approximate surface area is 277 Å². The van der Waals surface area contributed by atoms with E-state index in [0.717, 1.165) is 72.3 Å². The van der Waals surface area contributed by atoms with Crippen molar-refractivity contribution in [3.8, 4) is 11.1 Å². The Bertz CT molecular complexity index is 2690. The molecule has 1 unspecified atom stereocenters. The standard InChI is InChI=1S/C44H30N4/c1-5-13-28(14-6-1)40-32-27-37-42(30-17-9-3-10-18-30)35-22-21-33(45-35)41(29-15-7-2-8-16-29)34-23-24-36(46-34)43(31-19-11-4-12-20-31)39-26-25-38(40)48(39)44(32)47-37/h1-27,41,45-46H/b42-37-,43-39-. The van der Waals surface area contributed by atoms with Gasteiger partial charge in [-0.3, -0.25) is 4.40 Å². The molecule has 6 bridgehead atoms. The number of hydrogen-bond acceptors (Lipinski definition) is 1. The molecule has 1 atom stereocenters. The van der Waals surface area contributed by atoms with Gasteiger partial charge >= 0.3 is 0 Å². The number of hydrogen-bond donors (Lipinski definition) is 2. The first kappa shape index (κ1) is 26.8. The van der Waals surface area contributed by atoms with E-state index in [0.29, 0.717) is 0 Å². The van der Waals surface area contributed by atoms with Crippen LogP contribution in [0, 0.1) is 0 Å². The predicted octanol–water partition coefficient (Wildman–Crippen LogP) is 7.60. The maximum Gasteiger partial charge on any atom is 0.146 e. The lowest BCUT2D eigenvalue weighted by atomic mass is 9.93. The zero-order valence-electron chi connectivity index (χ0n) is 26.1. The Morgan fingerprint density at radius 3 is 1.67 bits per heavy atom. The van der Waals surface area contributed by atoms with Crippen LogP contribution in [0.5, 0.6) is 0 Å². The smallest absolute Gasteiger partial charge is 0.146 e. The molecular weight excluding hydrogens is 585 g/mol. The van der Waals surface area contributed by atoms with E-state index >= 15 is 0 Å². The van der Waals surface area contributed by atoms with E-state index < -0.39 is 0 Å². The third-order valence-electron chi connectivity index (χ3n) is 9.78. The van der Waals surface area contributed by atoms with Crippen molar-refractivity contribution in [3.05, 3.63) is 219 Å². The second-order valence-corrected chi connectivity index (χ2v) is 12.5. The van der Waals surface area contributed by atoms with Crippen LogP contribution in [0.3, 0.4) is 0 Å². The number of benzene rings is 4. The Morgan fingerprint density at radius 1 is 0.500 bits per heavy atom. The van der Waals surface area contributed by atoms with Gasteiger partial charge in [-0.2, -0.15) is 0 Å². The summed E-state index contributed by atoms with van der Waals surface area (Å²) in [5, 5.41) is 2.25. The summed E-state index contributed by atoms with van der Waals surface area (Å²) in [5.74, 6) is -0.0160. The van der Waals surface area contributed by atoms with Gasteiger partial charge in [-0.25, -0.2) is 4.99 Å². The molecule has 0 saturated carbocycles. The fourth-order valence-electron chi connectivity index (χ4n) is 7.71. The van der Waals surface area contributed by atoms with Crippen LogP contribution in [0.1, 0.15) is 45.4 Å². The number of rotatable bonds is 4. The molecule has 8 aromatic rings. The maximum absolute atomic E-state index is 5.51. The second-order valence-electron chi connectivity index (χ2n) is 12.5. The third-order valence-corrected chi connectivity index (χ3v) is 9.78. The van der Waals surface area contributed by atoms with E-state index in [2.05, 4.69) is 178 Å². The largest absolute Gasteiger partial charge is 0.357 e. The summed E-state index contributed by atoms with van der Waals surface area (Å²) in [5.41, 5.74) is 15.5. The van der Waals surface area contributed by atoms with Crippen molar-refractivity contribution in [1.82, 2.24) is 14.4 Å². The Balaban J connectivity index is 1.40. The number of fused-ring (bicyclic) bond motifs is 5. The minimum atomic E-state index is -0.0160. The molecule has 4 nitrogen and oxygen atoms in total. The first-order valence-electron chi connectivity index (χ1n) is 16.4. The number of aromatic nitrogens is 3. The van der Waals surface area contributed by atoms with Crippen LogP contribution in [0.25, 0.3) is 33.9 Å². The van der Waals surface area contributed by atoms with Crippen LogP contribution >= 0.6 is 0 Å². The van der Waals surface area contributed by atoms with Crippen LogP contribution in [0.2, 0.25) is 0 Å². The topological polar surface area (TPSA) is 48.4 Å². The van der Waals surface area contributed by atoms with Gasteiger partial charge in [-0.1, -0.05) is 121 Å². The van der Waals surface area contributed by atoms with Crippen LogP contribution < -0.4 is 16.1 Å². The number of aromatic amines is 2. The first-order valence-corrected chi connectivity index (χ1v) is 16.4. The molecular formula is C44H30N4. The van der Waals surface area contributed by atoms with Gasteiger partial charge in [-0.05, 0) is 64.7 Å². The predicted molar refractivity (Wildman–Crippen MR) is 193 cm³/mol. The lowest BCUT2D eigenvalue weighted by Gasteiger charge is -2.16. The molecule has 0 amide bonds. The average Bonchev–Trinajstić information content (AvgIpc) is 3.98. The van der Waals surface area contributed by atoms with Gasteiger partial charge in [0.05, 0.1) is 22.5 Å². The summed E-state index contributed by atoms with van der Waals surface area (Å²) in [6, 6.07) is 56.3. The average molecular weight is 615 g/mol. The van der Waals surface area contributed by atoms with E-state index in [9.17, 15) is 0 Å². The highest BCUT2D eigenvalue weighted by molar-refractivity contribution is 5.90. The lowest BCUT2D eigenvalue weighted by molar-refractivity contribution is 0.893. The lowest BCUT2D eigenvalue weighted by Crippen LogP contribution is -2.31. The van der Waals surface area contributed by atoms with Gasteiger partial charge in [0.15, 0.2) is 0 Å². The first-order chi connectivity index (χ1) is 23.8. The summed E-state index contributed by atoms with van der Waals surface area (Å²) in [4.78, 5) is 13.3. The van der Waals surface area contributed by atoms with Crippen LogP contribution in [0.4, 0.5) is 0 Å². The van der Waals surface area contributed by atoms with Crippen molar-refractivity contribution < 1.29 is 0 Å². The fourth-order valence-corrected chi connectivity index (χ4v) is 7.71. The minimum absolute atomic E-state index is 0.0160. The third kappa shape index (κ3) is 4.06. The number of H-pyrrole nitrogens is 2. The Morgan fingerprint density at radius 2 is 1.04 bits per heavy atom. The summed E-state index contributed by atoms with van der Waals surface area (Å²) < 4.78 is 2.37. The zero-order chi connectivity index (χ0) is 31.6. The monoisotopic (exact) mass is 614 g/mol. The summed E-state index contributed by atoms with van der Waals surface area (Å²) >= 11 is 0. The van der Waals surface area contributed by atoms with Crippen LogP contribution in [0.15, 0.2) is 168 Å². The molecule has 6 heterocycles. The van der Waals surface area contributed by atoms with E-state index in [1.165, 1.54) is 16.7 Å². The van der Waals surface area contributed by atoms with E-state index in [1.807, 2.05) is 0 Å². The Hall–Kier alpha value is -6.39. The van der Waals surface area contributed by atoms with Crippen molar-refractivity contribution in [2.75, 3.05) is 0 Å². The van der Waals surface area contributed by atoms with E-state index in [-0.39, 0.29) is 5.92 Å². The molecule has 0 radical (unpaired) electrons. The van der Waals surface area contributed by atoms with Gasteiger partial charge in [0.25, 0.3) is 0 Å². The highest BCUT2D eigenvalue weighted by Gasteiger charge is 2.26. The molecule has 2 aliphatic rings. The van der Waals surface area contributed by atoms with Gasteiger partial charge in [0, 0.05) is 44.7 Å². The molecule has 0 aliphatic carbocycles. The zero-order valence-corrected chi connectivity index (χ0v) is 26.1. The quantitative estimate of drug-likeness (QED) is 0.205. The van der Waals surface area contributed by atoms with Gasteiger partial charge < -0.3 is 9.97 Å². The van der Waals surface area contributed by atoms with Crippen molar-refractivity contribution in [3.63, 3.8) is 0 Å². The molecule has 0 spiro atoms. The van der Waals surface area contributed by atoms with Crippen molar-refractivity contribution in [1.29, 1.82) is 0 Å². The van der Waals surface area contributed by atoms with E-state index in [1.54, 1.807) is 0 Å². The van der Waals surface area contributed by atoms with E-state index in [4.69, 9.17) is 4.99 Å². The normalized spacial score (nSPS) is 17.7. The Kier molecular flexibility index (Phi) is 5.90. The van der Waals surface area contributed by atoms with Gasteiger partial charge in [0.1, 0.15) is 5.49 Å². The molecule has 10 rings (SSSR count). The molecule has 2 N–H and O–H groups in total. The molecule has 4 aromatic carbocycles. The summed E-state index contributed by atoms with van der Waals surface area (Å²) in [6.45, 7) is 0. The molecule has 4 aromatic heterocycles. The van der Waals surface area contributed by atoms with Crippen molar-refractivity contribution in [2.24, 2.45) is 4.99 Å². The van der Waals surface area contributed by atoms with Crippen LogP contribution in [-0.4, -0.2) is 14.4 Å². The number of nitrogens with zero attached hydrogens (tertiary/aromatic N) is 2. The fraction of sp³-hybridized carbons (Fsp3) is 0.0227. The summed E-state index contributed by atoms with van der Waals surface area (Å²) in [7, 11) is 0. The minimum Gasteiger partial charge on any atom is -0.357 e. The SMILES string of the molecule is C1=c2c(-c3ccccc3)c3cc/c4n3c2=N/C1=C(/c1ccccc1)c1ccc([nH]1)C(c1ccccc1)c1ccc([nH]1)\C=4c1ccccc1. The molecule has 2 aliphatic heterocycles. The highest BCUT2D eigenvalue weighted by atomic mass is 15.0. The summed E-state index contributed by atoms with van der Waals surface area (Å²) in [6.07, 6.45) is 2.29. The number of allylic oxidation sites excluding steroid dienone is 1. The van der Waals surface area contributed by atoms with Crippen molar-refractivity contribution in [2.45, 2.75) is 5.92 Å².